The van der Waals surface area contributed by atoms with Crippen LogP contribution >= 0.6 is 0 Å². The second kappa shape index (κ2) is 7.07. The number of fused-ring (bicyclic) bond motifs is 2. The molecule has 0 spiro atoms. The second-order valence-electron chi connectivity index (χ2n) is 6.33. The fraction of sp³-hybridized carbons (Fsp3) is 0.190. The maximum atomic E-state index is 12.8. The normalized spacial score (nSPS) is 16.1. The largest absolute Gasteiger partial charge is 0.508 e. The lowest BCUT2D eigenvalue weighted by atomic mass is 10.1. The molecule has 1 aliphatic rings. The molecule has 1 heterocycles. The molecule has 1 unspecified atom stereocenters. The molecule has 0 radical (unpaired) electrons. The van der Waals surface area contributed by atoms with E-state index in [2.05, 4.69) is 4.74 Å². The number of carbonyl (C=O) groups is 2. The van der Waals surface area contributed by atoms with Crippen LogP contribution in [0.5, 0.6) is 0 Å². The molecule has 6 nitrogen and oxygen atoms in total. The van der Waals surface area contributed by atoms with Gasteiger partial charge in [0.2, 0.25) is 0 Å². The number of hydrogen-bond acceptors (Lipinski definition) is 6. The minimum atomic E-state index is -0.751. The highest BCUT2D eigenvalue weighted by atomic mass is 16.8. The number of rotatable bonds is 4. The lowest BCUT2D eigenvalue weighted by Gasteiger charge is -2.08. The SMILES string of the molecule is O=C(Cc1ccc2c(=O)c3ccccc3ccc2c1)OCC1COC(=O)O1. The number of benzene rings is 2. The van der Waals surface area contributed by atoms with Gasteiger partial charge >= 0.3 is 12.1 Å². The van der Waals surface area contributed by atoms with E-state index in [1.165, 1.54) is 0 Å². The van der Waals surface area contributed by atoms with Gasteiger partial charge in [-0.2, -0.15) is 0 Å². The first-order chi connectivity index (χ1) is 13.1. The molecule has 0 N–H and O–H groups in total. The van der Waals surface area contributed by atoms with Crippen molar-refractivity contribution in [1.29, 1.82) is 0 Å². The Bertz CT molecular complexity index is 1100. The number of cyclic esters (lactones) is 2. The molecule has 27 heavy (non-hydrogen) atoms. The summed E-state index contributed by atoms with van der Waals surface area (Å²) in [4.78, 5) is 35.6. The van der Waals surface area contributed by atoms with Crippen molar-refractivity contribution in [3.05, 3.63) is 70.4 Å². The molecule has 0 aromatic heterocycles. The van der Waals surface area contributed by atoms with Gasteiger partial charge in [0.25, 0.3) is 0 Å². The van der Waals surface area contributed by atoms with Crippen molar-refractivity contribution in [2.24, 2.45) is 0 Å². The van der Waals surface area contributed by atoms with Crippen molar-refractivity contribution in [3.8, 4) is 0 Å². The third kappa shape index (κ3) is 3.60. The van der Waals surface area contributed by atoms with Crippen molar-refractivity contribution in [1.82, 2.24) is 0 Å². The van der Waals surface area contributed by atoms with E-state index in [9.17, 15) is 14.4 Å². The molecule has 0 saturated carbocycles. The van der Waals surface area contributed by atoms with E-state index in [4.69, 9.17) is 9.47 Å². The summed E-state index contributed by atoms with van der Waals surface area (Å²) in [6.45, 7) is 0.0433. The molecule has 3 aromatic rings. The van der Waals surface area contributed by atoms with Gasteiger partial charge in [0.05, 0.1) is 6.42 Å². The third-order valence-corrected chi connectivity index (χ3v) is 4.44. The summed E-state index contributed by atoms with van der Waals surface area (Å²) in [6.07, 6.45) is -1.25. The molecule has 1 atom stereocenters. The van der Waals surface area contributed by atoms with Gasteiger partial charge in [0.15, 0.2) is 11.5 Å². The molecular weight excluding hydrogens is 348 g/mol. The Balaban J connectivity index is 1.54. The van der Waals surface area contributed by atoms with Crippen molar-refractivity contribution in [3.63, 3.8) is 0 Å². The monoisotopic (exact) mass is 364 g/mol. The van der Waals surface area contributed by atoms with E-state index in [1.807, 2.05) is 42.5 Å². The standard InChI is InChI=1S/C21H16O6/c22-19(25-11-16-12-26-21(24)27-16)10-13-5-8-18-15(9-13)7-6-14-3-1-2-4-17(14)20(18)23/h1-9,16H,10-12H2. The highest BCUT2D eigenvalue weighted by Crippen LogP contribution is 2.17. The first-order valence-corrected chi connectivity index (χ1v) is 8.54. The van der Waals surface area contributed by atoms with E-state index in [0.717, 1.165) is 16.3 Å². The minimum absolute atomic E-state index is 0.0385. The van der Waals surface area contributed by atoms with Crippen LogP contribution in [-0.2, 0) is 25.4 Å². The maximum absolute atomic E-state index is 12.8. The lowest BCUT2D eigenvalue weighted by molar-refractivity contribution is -0.145. The van der Waals surface area contributed by atoms with Gasteiger partial charge in [-0.05, 0) is 16.3 Å². The fourth-order valence-corrected chi connectivity index (χ4v) is 3.09. The molecular formula is C21H16O6. The van der Waals surface area contributed by atoms with Gasteiger partial charge in [-0.1, -0.05) is 54.6 Å². The average Bonchev–Trinajstić information content (AvgIpc) is 3.04. The van der Waals surface area contributed by atoms with Gasteiger partial charge in [0.1, 0.15) is 13.2 Å². The third-order valence-electron chi connectivity index (χ3n) is 4.44. The van der Waals surface area contributed by atoms with Crippen LogP contribution in [0.2, 0.25) is 0 Å². The van der Waals surface area contributed by atoms with Crippen LogP contribution in [0.1, 0.15) is 5.56 Å². The van der Waals surface area contributed by atoms with Gasteiger partial charge in [-0.3, -0.25) is 9.59 Å². The molecule has 1 aliphatic heterocycles. The van der Waals surface area contributed by atoms with Crippen LogP contribution in [0.15, 0.2) is 59.4 Å². The topological polar surface area (TPSA) is 78.9 Å². The van der Waals surface area contributed by atoms with Gasteiger partial charge < -0.3 is 14.2 Å². The van der Waals surface area contributed by atoms with Crippen molar-refractivity contribution in [2.75, 3.05) is 13.2 Å². The molecule has 0 aliphatic carbocycles. The van der Waals surface area contributed by atoms with Crippen LogP contribution in [0.4, 0.5) is 4.79 Å². The van der Waals surface area contributed by atoms with E-state index < -0.39 is 18.2 Å². The summed E-state index contributed by atoms with van der Waals surface area (Å²) in [5, 5.41) is 2.89. The quantitative estimate of drug-likeness (QED) is 0.662. The van der Waals surface area contributed by atoms with Gasteiger partial charge in [0, 0.05) is 10.8 Å². The lowest BCUT2D eigenvalue weighted by Crippen LogP contribution is -2.21. The van der Waals surface area contributed by atoms with E-state index in [-0.39, 0.29) is 25.1 Å². The van der Waals surface area contributed by atoms with Crippen LogP contribution in [0.25, 0.3) is 21.5 Å². The summed E-state index contributed by atoms with van der Waals surface area (Å²) in [6, 6.07) is 16.5. The minimum Gasteiger partial charge on any atom is -0.461 e. The van der Waals surface area contributed by atoms with Crippen LogP contribution in [-0.4, -0.2) is 31.4 Å². The highest BCUT2D eigenvalue weighted by Gasteiger charge is 2.26. The molecule has 3 aromatic carbocycles. The van der Waals surface area contributed by atoms with Crippen LogP contribution < -0.4 is 5.43 Å². The molecule has 1 fully saturated rings. The smallest absolute Gasteiger partial charge is 0.461 e. The summed E-state index contributed by atoms with van der Waals surface area (Å²) in [5.41, 5.74) is 0.699. The Morgan fingerprint density at radius 3 is 2.59 bits per heavy atom. The number of ether oxygens (including phenoxy) is 3. The molecule has 0 amide bonds. The Kier molecular flexibility index (Phi) is 4.46. The van der Waals surface area contributed by atoms with Gasteiger partial charge in [-0.15, -0.1) is 0 Å². The fourth-order valence-electron chi connectivity index (χ4n) is 3.09. The number of esters is 1. The molecule has 1 saturated heterocycles. The predicted molar refractivity (Wildman–Crippen MR) is 98.6 cm³/mol. The summed E-state index contributed by atoms with van der Waals surface area (Å²) in [7, 11) is 0. The zero-order valence-corrected chi connectivity index (χ0v) is 14.3. The van der Waals surface area contributed by atoms with E-state index in [1.54, 1.807) is 12.1 Å². The first kappa shape index (κ1) is 17.0. The molecule has 0 bridgehead atoms. The summed E-state index contributed by atoms with van der Waals surface area (Å²) >= 11 is 0. The van der Waals surface area contributed by atoms with Crippen molar-refractivity contribution < 1.29 is 23.8 Å². The first-order valence-electron chi connectivity index (χ1n) is 8.54. The Labute approximate surface area is 154 Å². The second-order valence-corrected chi connectivity index (χ2v) is 6.33. The summed E-state index contributed by atoms with van der Waals surface area (Å²) in [5.74, 6) is -0.440. The zero-order chi connectivity index (χ0) is 18.8. The Hall–Kier alpha value is -3.41. The Morgan fingerprint density at radius 1 is 1.00 bits per heavy atom. The molecule has 136 valence electrons. The molecule has 4 rings (SSSR count). The van der Waals surface area contributed by atoms with Crippen molar-refractivity contribution >= 4 is 33.7 Å². The predicted octanol–water partition coefficient (Wildman–Crippen LogP) is 2.97. The van der Waals surface area contributed by atoms with Gasteiger partial charge in [-0.25, -0.2) is 4.79 Å². The number of hydrogen-bond donors (Lipinski definition) is 0. The average molecular weight is 364 g/mol. The van der Waals surface area contributed by atoms with E-state index >= 15 is 0 Å². The van der Waals surface area contributed by atoms with Crippen LogP contribution in [0.3, 0.4) is 0 Å². The van der Waals surface area contributed by atoms with E-state index in [0.29, 0.717) is 10.8 Å². The van der Waals surface area contributed by atoms with Crippen molar-refractivity contribution in [2.45, 2.75) is 12.5 Å². The highest BCUT2D eigenvalue weighted by molar-refractivity contribution is 5.93. The maximum Gasteiger partial charge on any atom is 0.508 e. The Morgan fingerprint density at radius 2 is 1.78 bits per heavy atom. The number of carbonyl (C=O) groups excluding carboxylic acids is 2. The zero-order valence-electron chi connectivity index (χ0n) is 14.3. The summed E-state index contributed by atoms with van der Waals surface area (Å²) < 4.78 is 14.6. The van der Waals surface area contributed by atoms with Crippen LogP contribution in [0, 0.1) is 0 Å². The molecule has 6 heteroatoms.